The lowest BCUT2D eigenvalue weighted by molar-refractivity contribution is -0.121. The number of carbonyl (C=O) groups is 1. The van der Waals surface area contributed by atoms with Gasteiger partial charge in [-0.1, -0.05) is 23.7 Å². The minimum atomic E-state index is -0.0630. The molecule has 1 amide bonds. The van der Waals surface area contributed by atoms with Gasteiger partial charge >= 0.3 is 0 Å². The standard InChI is InChI=1S/C15H12ClN3OS2/c1-9-8-21-14(17-9)18-15-19(2)13(20)12(22-15)7-10-3-5-11(16)6-4-10/h3-8H,1-2H3/b12-7-,18-15+. The largest absolute Gasteiger partial charge is 0.289 e. The lowest BCUT2D eigenvalue weighted by Gasteiger charge is -2.05. The Kier molecular flexibility index (Phi) is 4.33. The van der Waals surface area contributed by atoms with Crippen LogP contribution in [0.1, 0.15) is 11.3 Å². The van der Waals surface area contributed by atoms with Crippen LogP contribution in [0.3, 0.4) is 0 Å². The van der Waals surface area contributed by atoms with Crippen LogP contribution in [-0.4, -0.2) is 28.0 Å². The number of amides is 1. The van der Waals surface area contributed by atoms with Gasteiger partial charge in [-0.15, -0.1) is 11.3 Å². The summed E-state index contributed by atoms with van der Waals surface area (Å²) >= 11 is 8.68. The molecule has 112 valence electrons. The second kappa shape index (κ2) is 6.24. The van der Waals surface area contributed by atoms with Crippen molar-refractivity contribution >= 4 is 57.0 Å². The van der Waals surface area contributed by atoms with Gasteiger partial charge in [0.15, 0.2) is 5.17 Å². The molecule has 1 aliphatic heterocycles. The van der Waals surface area contributed by atoms with Crippen molar-refractivity contribution in [3.05, 3.63) is 50.8 Å². The first-order valence-electron chi connectivity index (χ1n) is 6.47. The summed E-state index contributed by atoms with van der Waals surface area (Å²) in [5, 5.41) is 3.91. The number of nitrogens with zero attached hydrogens (tertiary/aromatic N) is 3. The van der Waals surface area contributed by atoms with Crippen LogP contribution in [0, 0.1) is 6.92 Å². The van der Waals surface area contributed by atoms with Crippen LogP contribution < -0.4 is 0 Å². The summed E-state index contributed by atoms with van der Waals surface area (Å²) in [6, 6.07) is 7.36. The van der Waals surface area contributed by atoms with Crippen LogP contribution in [-0.2, 0) is 4.79 Å². The fraction of sp³-hybridized carbons (Fsp3) is 0.133. The molecule has 4 nitrogen and oxygen atoms in total. The molecule has 0 radical (unpaired) electrons. The number of carbonyl (C=O) groups excluding carboxylic acids is 1. The number of aliphatic imine (C=N–C) groups is 1. The van der Waals surface area contributed by atoms with Gasteiger partial charge in [0.05, 0.1) is 10.6 Å². The van der Waals surface area contributed by atoms with Gasteiger partial charge in [-0.05, 0) is 42.5 Å². The van der Waals surface area contributed by atoms with Crippen LogP contribution in [0.15, 0.2) is 39.5 Å². The Morgan fingerprint density at radius 3 is 2.68 bits per heavy atom. The highest BCUT2D eigenvalue weighted by Gasteiger charge is 2.30. The number of thioether (sulfide) groups is 1. The van der Waals surface area contributed by atoms with Gasteiger partial charge in [-0.25, -0.2) is 4.98 Å². The zero-order valence-electron chi connectivity index (χ0n) is 11.9. The van der Waals surface area contributed by atoms with E-state index in [9.17, 15) is 4.79 Å². The highest BCUT2D eigenvalue weighted by atomic mass is 35.5. The maximum Gasteiger partial charge on any atom is 0.266 e. The van der Waals surface area contributed by atoms with E-state index < -0.39 is 0 Å². The minimum absolute atomic E-state index is 0.0630. The molecule has 0 N–H and O–H groups in total. The van der Waals surface area contributed by atoms with Crippen molar-refractivity contribution in [1.82, 2.24) is 9.88 Å². The van der Waals surface area contributed by atoms with E-state index in [1.165, 1.54) is 23.1 Å². The quantitative estimate of drug-likeness (QED) is 0.758. The van der Waals surface area contributed by atoms with E-state index in [1.54, 1.807) is 24.1 Å². The first kappa shape index (κ1) is 15.3. The summed E-state index contributed by atoms with van der Waals surface area (Å²) in [5.41, 5.74) is 1.86. The lowest BCUT2D eigenvalue weighted by Crippen LogP contribution is -2.23. The number of hydrogen-bond acceptors (Lipinski definition) is 5. The molecule has 1 aromatic heterocycles. The van der Waals surface area contributed by atoms with Crippen molar-refractivity contribution in [3.63, 3.8) is 0 Å². The Bertz CT molecular complexity index is 780. The average Bonchev–Trinajstić information content (AvgIpc) is 3.01. The predicted molar refractivity (Wildman–Crippen MR) is 93.7 cm³/mol. The van der Waals surface area contributed by atoms with Gasteiger partial charge in [0, 0.05) is 17.5 Å². The summed E-state index contributed by atoms with van der Waals surface area (Å²) in [5.74, 6) is -0.0630. The zero-order chi connectivity index (χ0) is 15.7. The third-order valence-electron chi connectivity index (χ3n) is 2.97. The number of thiazole rings is 1. The van der Waals surface area contributed by atoms with Crippen molar-refractivity contribution in [3.8, 4) is 0 Å². The minimum Gasteiger partial charge on any atom is -0.289 e. The van der Waals surface area contributed by atoms with E-state index in [0.717, 1.165) is 11.3 Å². The molecule has 1 aliphatic rings. The molecule has 0 spiro atoms. The number of likely N-dealkylation sites (N-methyl/N-ethyl adjacent to an activating group) is 1. The Labute approximate surface area is 141 Å². The van der Waals surface area contributed by atoms with Crippen LogP contribution in [0.4, 0.5) is 5.13 Å². The van der Waals surface area contributed by atoms with Gasteiger partial charge in [-0.2, -0.15) is 4.99 Å². The third-order valence-corrected chi connectivity index (χ3v) is 5.13. The van der Waals surface area contributed by atoms with E-state index in [-0.39, 0.29) is 5.91 Å². The molecule has 1 saturated heterocycles. The fourth-order valence-corrected chi connectivity index (χ4v) is 3.65. The second-order valence-electron chi connectivity index (χ2n) is 4.69. The molecule has 0 unspecified atom stereocenters. The van der Waals surface area contributed by atoms with Crippen LogP contribution in [0.2, 0.25) is 5.02 Å². The van der Waals surface area contributed by atoms with Crippen molar-refractivity contribution in [1.29, 1.82) is 0 Å². The van der Waals surface area contributed by atoms with E-state index in [2.05, 4.69) is 9.98 Å². The lowest BCUT2D eigenvalue weighted by atomic mass is 10.2. The highest BCUT2D eigenvalue weighted by Crippen LogP contribution is 2.33. The number of rotatable bonds is 2. The zero-order valence-corrected chi connectivity index (χ0v) is 14.3. The summed E-state index contributed by atoms with van der Waals surface area (Å²) in [7, 11) is 1.72. The molecule has 7 heteroatoms. The number of hydrogen-bond donors (Lipinski definition) is 0. The van der Waals surface area contributed by atoms with E-state index >= 15 is 0 Å². The molecule has 0 atom stereocenters. The average molecular weight is 350 g/mol. The van der Waals surface area contributed by atoms with Crippen molar-refractivity contribution < 1.29 is 4.79 Å². The number of aromatic nitrogens is 1. The first-order chi connectivity index (χ1) is 10.5. The van der Waals surface area contributed by atoms with Gasteiger partial charge in [-0.3, -0.25) is 9.69 Å². The normalized spacial score (nSPS) is 18.7. The molecular formula is C15H12ClN3OS2. The third kappa shape index (κ3) is 3.24. The maximum atomic E-state index is 12.3. The van der Waals surface area contributed by atoms with Crippen LogP contribution in [0.25, 0.3) is 6.08 Å². The topological polar surface area (TPSA) is 45.6 Å². The fourth-order valence-electron chi connectivity index (χ4n) is 1.84. The second-order valence-corrected chi connectivity index (χ2v) is 6.97. The van der Waals surface area contributed by atoms with Gasteiger partial charge in [0.1, 0.15) is 0 Å². The van der Waals surface area contributed by atoms with Crippen LogP contribution >= 0.6 is 34.7 Å². The predicted octanol–water partition coefficient (Wildman–Crippen LogP) is 4.34. The summed E-state index contributed by atoms with van der Waals surface area (Å²) in [6.45, 7) is 1.92. The molecule has 0 aliphatic carbocycles. The number of halogens is 1. The summed E-state index contributed by atoms with van der Waals surface area (Å²) < 4.78 is 0. The van der Waals surface area contributed by atoms with Gasteiger partial charge in [0.2, 0.25) is 5.13 Å². The van der Waals surface area contributed by atoms with E-state index in [0.29, 0.717) is 20.2 Å². The summed E-state index contributed by atoms with van der Waals surface area (Å²) in [4.78, 5) is 23.2. The Balaban J connectivity index is 1.88. The van der Waals surface area contributed by atoms with Crippen molar-refractivity contribution in [2.45, 2.75) is 6.92 Å². The smallest absolute Gasteiger partial charge is 0.266 e. The molecule has 1 aromatic carbocycles. The van der Waals surface area contributed by atoms with E-state index in [1.807, 2.05) is 30.5 Å². The van der Waals surface area contributed by atoms with E-state index in [4.69, 9.17) is 11.6 Å². The molecule has 1 fully saturated rings. The van der Waals surface area contributed by atoms with Gasteiger partial charge < -0.3 is 0 Å². The number of amidine groups is 1. The summed E-state index contributed by atoms with van der Waals surface area (Å²) in [6.07, 6.45) is 1.84. The molecule has 2 heterocycles. The maximum absolute atomic E-state index is 12.3. The molecule has 22 heavy (non-hydrogen) atoms. The SMILES string of the molecule is Cc1csc(/N=C2/S/C(=C\c3ccc(Cl)cc3)C(=O)N2C)n1. The monoisotopic (exact) mass is 349 g/mol. The molecule has 3 rings (SSSR count). The van der Waals surface area contributed by atoms with Crippen molar-refractivity contribution in [2.75, 3.05) is 7.05 Å². The highest BCUT2D eigenvalue weighted by molar-refractivity contribution is 8.18. The number of benzene rings is 1. The molecule has 0 bridgehead atoms. The Hall–Kier alpha value is -1.63. The van der Waals surface area contributed by atoms with Gasteiger partial charge in [0.25, 0.3) is 5.91 Å². The first-order valence-corrected chi connectivity index (χ1v) is 8.54. The molecule has 0 saturated carbocycles. The van der Waals surface area contributed by atoms with Crippen molar-refractivity contribution in [2.24, 2.45) is 4.99 Å². The molecule has 2 aromatic rings. The molecular weight excluding hydrogens is 338 g/mol. The number of aryl methyl sites for hydroxylation is 1. The Morgan fingerprint density at radius 2 is 2.05 bits per heavy atom. The van der Waals surface area contributed by atoms with Crippen LogP contribution in [0.5, 0.6) is 0 Å². The Morgan fingerprint density at radius 1 is 1.32 bits per heavy atom.